The lowest BCUT2D eigenvalue weighted by Gasteiger charge is -2.05. The summed E-state index contributed by atoms with van der Waals surface area (Å²) >= 11 is 0. The molecule has 0 aliphatic rings. The SMILES string of the molecule is NCCc1cc(=O)[nH]c(-c2ccc3ncccc3c2)n1. The van der Waals surface area contributed by atoms with E-state index in [0.29, 0.717) is 24.5 Å². The van der Waals surface area contributed by atoms with Crippen LogP contribution in [0.5, 0.6) is 0 Å². The number of aromatic amines is 1. The van der Waals surface area contributed by atoms with E-state index >= 15 is 0 Å². The van der Waals surface area contributed by atoms with Crippen LogP contribution in [0.25, 0.3) is 22.3 Å². The molecular formula is C15H14N4O. The minimum absolute atomic E-state index is 0.162. The zero-order chi connectivity index (χ0) is 13.9. The molecule has 2 heterocycles. The fourth-order valence-electron chi connectivity index (χ4n) is 2.14. The molecule has 0 saturated heterocycles. The van der Waals surface area contributed by atoms with Crippen LogP contribution in [0.2, 0.25) is 0 Å². The van der Waals surface area contributed by atoms with Crippen molar-refractivity contribution in [1.82, 2.24) is 15.0 Å². The average molecular weight is 266 g/mol. The summed E-state index contributed by atoms with van der Waals surface area (Å²) in [5.74, 6) is 0.562. The summed E-state index contributed by atoms with van der Waals surface area (Å²) in [5, 5.41) is 1.01. The number of rotatable bonds is 3. The number of benzene rings is 1. The van der Waals surface area contributed by atoms with Crippen LogP contribution in [-0.4, -0.2) is 21.5 Å². The maximum Gasteiger partial charge on any atom is 0.251 e. The third-order valence-corrected chi connectivity index (χ3v) is 3.07. The van der Waals surface area contributed by atoms with Crippen molar-refractivity contribution in [3.8, 4) is 11.4 Å². The monoisotopic (exact) mass is 266 g/mol. The minimum atomic E-state index is -0.162. The number of hydrogen-bond donors (Lipinski definition) is 2. The highest BCUT2D eigenvalue weighted by Crippen LogP contribution is 2.20. The minimum Gasteiger partial charge on any atom is -0.330 e. The van der Waals surface area contributed by atoms with Crippen LogP contribution in [0, 0.1) is 0 Å². The molecule has 3 rings (SSSR count). The van der Waals surface area contributed by atoms with Gasteiger partial charge in [-0.1, -0.05) is 6.07 Å². The molecule has 20 heavy (non-hydrogen) atoms. The van der Waals surface area contributed by atoms with Gasteiger partial charge in [-0.05, 0) is 30.8 Å². The van der Waals surface area contributed by atoms with E-state index in [9.17, 15) is 4.79 Å². The van der Waals surface area contributed by atoms with Gasteiger partial charge in [0.05, 0.1) is 5.52 Å². The standard InChI is InChI=1S/C15H14N4O/c16-6-5-12-9-14(20)19-15(18-12)11-3-4-13-10(8-11)2-1-7-17-13/h1-4,7-9H,5-6,16H2,(H,18,19,20). The molecule has 0 aliphatic carbocycles. The second-order valence-electron chi connectivity index (χ2n) is 4.53. The molecule has 0 radical (unpaired) electrons. The van der Waals surface area contributed by atoms with E-state index in [2.05, 4.69) is 15.0 Å². The van der Waals surface area contributed by atoms with Gasteiger partial charge in [-0.3, -0.25) is 9.78 Å². The molecule has 100 valence electrons. The first-order valence-corrected chi connectivity index (χ1v) is 6.42. The highest BCUT2D eigenvalue weighted by molar-refractivity contribution is 5.82. The Balaban J connectivity index is 2.12. The van der Waals surface area contributed by atoms with E-state index in [-0.39, 0.29) is 5.56 Å². The Kier molecular flexibility index (Phi) is 3.26. The first-order valence-electron chi connectivity index (χ1n) is 6.42. The molecule has 5 heteroatoms. The van der Waals surface area contributed by atoms with Gasteiger partial charge in [0.2, 0.25) is 0 Å². The lowest BCUT2D eigenvalue weighted by atomic mass is 10.1. The Labute approximate surface area is 115 Å². The Morgan fingerprint density at radius 1 is 1.20 bits per heavy atom. The van der Waals surface area contributed by atoms with E-state index in [1.54, 1.807) is 6.20 Å². The predicted molar refractivity (Wildman–Crippen MR) is 78.4 cm³/mol. The molecule has 0 bridgehead atoms. The van der Waals surface area contributed by atoms with Gasteiger partial charge in [-0.2, -0.15) is 0 Å². The molecule has 0 saturated carbocycles. The largest absolute Gasteiger partial charge is 0.330 e. The van der Waals surface area contributed by atoms with Crippen LogP contribution in [-0.2, 0) is 6.42 Å². The number of nitrogens with two attached hydrogens (primary N) is 1. The lowest BCUT2D eigenvalue weighted by Crippen LogP contribution is -2.13. The number of fused-ring (bicyclic) bond motifs is 1. The molecule has 0 fully saturated rings. The van der Waals surface area contributed by atoms with E-state index in [1.807, 2.05) is 30.3 Å². The van der Waals surface area contributed by atoms with Crippen molar-refractivity contribution in [1.29, 1.82) is 0 Å². The Bertz CT molecular complexity index is 810. The molecule has 3 aromatic rings. The Hall–Kier alpha value is -2.53. The molecule has 0 amide bonds. The van der Waals surface area contributed by atoms with Gasteiger partial charge in [0.1, 0.15) is 5.82 Å². The lowest BCUT2D eigenvalue weighted by molar-refractivity contribution is 0.906. The summed E-state index contributed by atoms with van der Waals surface area (Å²) in [6.07, 6.45) is 2.34. The Morgan fingerprint density at radius 3 is 2.95 bits per heavy atom. The van der Waals surface area contributed by atoms with Crippen molar-refractivity contribution in [2.45, 2.75) is 6.42 Å². The highest BCUT2D eigenvalue weighted by Gasteiger charge is 2.05. The topological polar surface area (TPSA) is 84.7 Å². The molecular weight excluding hydrogens is 252 g/mol. The normalized spacial score (nSPS) is 10.8. The first-order chi connectivity index (χ1) is 9.76. The maximum atomic E-state index is 11.7. The summed E-state index contributed by atoms with van der Waals surface area (Å²) in [6, 6.07) is 11.1. The molecule has 0 unspecified atom stereocenters. The fraction of sp³-hybridized carbons (Fsp3) is 0.133. The maximum absolute atomic E-state index is 11.7. The Morgan fingerprint density at radius 2 is 2.10 bits per heavy atom. The van der Waals surface area contributed by atoms with Crippen LogP contribution >= 0.6 is 0 Å². The zero-order valence-corrected chi connectivity index (χ0v) is 10.8. The summed E-state index contributed by atoms with van der Waals surface area (Å²) in [5.41, 5.74) is 7.83. The summed E-state index contributed by atoms with van der Waals surface area (Å²) in [7, 11) is 0. The number of nitrogens with zero attached hydrogens (tertiary/aromatic N) is 2. The van der Waals surface area contributed by atoms with Crippen LogP contribution in [0.4, 0.5) is 0 Å². The van der Waals surface area contributed by atoms with Gasteiger partial charge in [-0.25, -0.2) is 4.98 Å². The number of pyridine rings is 1. The molecule has 5 nitrogen and oxygen atoms in total. The molecule has 3 N–H and O–H groups in total. The quantitative estimate of drug-likeness (QED) is 0.752. The van der Waals surface area contributed by atoms with Crippen LogP contribution < -0.4 is 11.3 Å². The van der Waals surface area contributed by atoms with Gasteiger partial charge < -0.3 is 10.7 Å². The van der Waals surface area contributed by atoms with Crippen molar-refractivity contribution < 1.29 is 0 Å². The average Bonchev–Trinajstić information content (AvgIpc) is 2.46. The summed E-state index contributed by atoms with van der Waals surface area (Å²) < 4.78 is 0. The van der Waals surface area contributed by atoms with Crippen LogP contribution in [0.3, 0.4) is 0 Å². The smallest absolute Gasteiger partial charge is 0.251 e. The molecule has 0 atom stereocenters. The van der Waals surface area contributed by atoms with Crippen molar-refractivity contribution in [3.05, 3.63) is 58.6 Å². The first kappa shape index (κ1) is 12.5. The van der Waals surface area contributed by atoms with E-state index in [0.717, 1.165) is 16.5 Å². The van der Waals surface area contributed by atoms with Gasteiger partial charge in [0, 0.05) is 35.3 Å². The van der Waals surface area contributed by atoms with Crippen molar-refractivity contribution in [3.63, 3.8) is 0 Å². The molecule has 2 aromatic heterocycles. The predicted octanol–water partition coefficient (Wildman–Crippen LogP) is 1.49. The third-order valence-electron chi connectivity index (χ3n) is 3.07. The third kappa shape index (κ3) is 2.44. The van der Waals surface area contributed by atoms with E-state index < -0.39 is 0 Å². The summed E-state index contributed by atoms with van der Waals surface area (Å²) in [4.78, 5) is 23.1. The van der Waals surface area contributed by atoms with Gasteiger partial charge in [0.25, 0.3) is 5.56 Å². The number of H-pyrrole nitrogens is 1. The van der Waals surface area contributed by atoms with Crippen molar-refractivity contribution in [2.24, 2.45) is 5.73 Å². The highest BCUT2D eigenvalue weighted by atomic mass is 16.1. The molecule has 0 spiro atoms. The van der Waals surface area contributed by atoms with Gasteiger partial charge >= 0.3 is 0 Å². The van der Waals surface area contributed by atoms with E-state index in [4.69, 9.17) is 5.73 Å². The fourth-order valence-corrected chi connectivity index (χ4v) is 2.14. The van der Waals surface area contributed by atoms with Crippen molar-refractivity contribution >= 4 is 10.9 Å². The molecule has 0 aliphatic heterocycles. The van der Waals surface area contributed by atoms with Crippen LogP contribution in [0.15, 0.2) is 47.4 Å². The second kappa shape index (κ2) is 5.22. The van der Waals surface area contributed by atoms with Crippen molar-refractivity contribution in [2.75, 3.05) is 6.54 Å². The molecule has 1 aromatic carbocycles. The number of hydrogen-bond acceptors (Lipinski definition) is 4. The number of aromatic nitrogens is 3. The second-order valence-corrected chi connectivity index (χ2v) is 4.53. The summed E-state index contributed by atoms with van der Waals surface area (Å²) in [6.45, 7) is 0.470. The van der Waals surface area contributed by atoms with Gasteiger partial charge in [-0.15, -0.1) is 0 Å². The van der Waals surface area contributed by atoms with E-state index in [1.165, 1.54) is 6.07 Å². The van der Waals surface area contributed by atoms with Crippen LogP contribution in [0.1, 0.15) is 5.69 Å². The number of nitrogens with one attached hydrogen (secondary N) is 1. The van der Waals surface area contributed by atoms with Gasteiger partial charge in [0.15, 0.2) is 0 Å². The zero-order valence-electron chi connectivity index (χ0n) is 10.8.